The molecular formula is C13H11F2N3S. The Morgan fingerprint density at radius 3 is 2.89 bits per heavy atom. The number of nitrogens with two attached hydrogens (primary N) is 1. The first-order chi connectivity index (χ1) is 9.13. The highest BCUT2D eigenvalue weighted by Gasteiger charge is 2.12. The molecule has 2 N–H and O–H groups in total. The molecule has 2 aromatic heterocycles. The predicted octanol–water partition coefficient (Wildman–Crippen LogP) is 2.92. The van der Waals surface area contributed by atoms with Gasteiger partial charge in [0.2, 0.25) is 0 Å². The molecule has 0 radical (unpaired) electrons. The number of thiazole rings is 1. The highest BCUT2D eigenvalue weighted by atomic mass is 32.1. The van der Waals surface area contributed by atoms with Gasteiger partial charge in [0.25, 0.3) is 0 Å². The number of fused-ring (bicyclic) bond motifs is 1. The monoisotopic (exact) mass is 279 g/mol. The van der Waals surface area contributed by atoms with Crippen molar-refractivity contribution in [1.82, 2.24) is 9.38 Å². The van der Waals surface area contributed by atoms with Gasteiger partial charge in [-0.1, -0.05) is 6.07 Å². The van der Waals surface area contributed by atoms with E-state index in [1.807, 2.05) is 22.2 Å². The van der Waals surface area contributed by atoms with E-state index in [0.717, 1.165) is 22.8 Å². The van der Waals surface area contributed by atoms with E-state index in [4.69, 9.17) is 5.73 Å². The van der Waals surface area contributed by atoms with Crippen LogP contribution in [0.25, 0.3) is 4.96 Å². The van der Waals surface area contributed by atoms with Gasteiger partial charge in [0.1, 0.15) is 0 Å². The Labute approximate surface area is 112 Å². The van der Waals surface area contributed by atoms with Gasteiger partial charge in [-0.15, -0.1) is 11.3 Å². The first-order valence-corrected chi connectivity index (χ1v) is 6.63. The maximum absolute atomic E-state index is 13.1. The smallest absolute Gasteiger partial charge is 0.193 e. The van der Waals surface area contributed by atoms with E-state index in [1.54, 1.807) is 0 Å². The predicted molar refractivity (Wildman–Crippen MR) is 70.1 cm³/mol. The zero-order valence-electron chi connectivity index (χ0n) is 9.88. The fraction of sp³-hybridized carbons (Fsp3) is 0.154. The van der Waals surface area contributed by atoms with Crippen molar-refractivity contribution in [2.24, 2.45) is 5.73 Å². The van der Waals surface area contributed by atoms with Crippen molar-refractivity contribution in [1.29, 1.82) is 0 Å². The van der Waals surface area contributed by atoms with Crippen LogP contribution >= 0.6 is 11.3 Å². The minimum Gasteiger partial charge on any atom is -0.324 e. The maximum atomic E-state index is 13.1. The lowest BCUT2D eigenvalue weighted by molar-refractivity contribution is 0.505. The van der Waals surface area contributed by atoms with Gasteiger partial charge in [-0.05, 0) is 17.7 Å². The summed E-state index contributed by atoms with van der Waals surface area (Å²) < 4.78 is 27.9. The second-order valence-electron chi connectivity index (χ2n) is 4.31. The number of aromatic nitrogens is 2. The van der Waals surface area contributed by atoms with E-state index in [1.165, 1.54) is 17.4 Å². The van der Waals surface area contributed by atoms with Crippen molar-refractivity contribution in [2.45, 2.75) is 12.5 Å². The summed E-state index contributed by atoms with van der Waals surface area (Å²) in [5.41, 5.74) is 7.40. The number of imidazole rings is 1. The van der Waals surface area contributed by atoms with E-state index >= 15 is 0 Å². The molecule has 1 aromatic carbocycles. The van der Waals surface area contributed by atoms with Crippen LogP contribution < -0.4 is 5.73 Å². The highest BCUT2D eigenvalue weighted by molar-refractivity contribution is 7.15. The summed E-state index contributed by atoms with van der Waals surface area (Å²) in [7, 11) is 0. The summed E-state index contributed by atoms with van der Waals surface area (Å²) in [4.78, 5) is 5.31. The number of halogens is 2. The SMILES string of the molecule is NC(Cc1cn2ccsc2n1)c1ccc(F)c(F)c1. The van der Waals surface area contributed by atoms with Gasteiger partial charge in [0.15, 0.2) is 16.6 Å². The molecule has 0 amide bonds. The summed E-state index contributed by atoms with van der Waals surface area (Å²) in [5, 5.41) is 1.95. The Kier molecular flexibility index (Phi) is 3.04. The molecule has 0 spiro atoms. The first-order valence-electron chi connectivity index (χ1n) is 5.75. The summed E-state index contributed by atoms with van der Waals surface area (Å²) in [6.07, 6.45) is 4.30. The van der Waals surface area contributed by atoms with Crippen LogP contribution in [0.5, 0.6) is 0 Å². The summed E-state index contributed by atoms with van der Waals surface area (Å²) in [6.45, 7) is 0. The second-order valence-corrected chi connectivity index (χ2v) is 5.18. The van der Waals surface area contributed by atoms with E-state index in [2.05, 4.69) is 4.98 Å². The maximum Gasteiger partial charge on any atom is 0.193 e. The van der Waals surface area contributed by atoms with Gasteiger partial charge in [-0.2, -0.15) is 0 Å². The zero-order chi connectivity index (χ0) is 13.4. The fourth-order valence-electron chi connectivity index (χ4n) is 1.96. The van der Waals surface area contributed by atoms with Crippen LogP contribution in [0.1, 0.15) is 17.3 Å². The molecule has 6 heteroatoms. The molecule has 0 saturated carbocycles. The standard InChI is InChI=1S/C13H11F2N3S/c14-10-2-1-8(5-11(10)15)12(16)6-9-7-18-3-4-19-13(18)17-9/h1-5,7,12H,6,16H2. The molecule has 3 nitrogen and oxygen atoms in total. The van der Waals surface area contributed by atoms with Crippen molar-refractivity contribution in [3.8, 4) is 0 Å². The zero-order valence-corrected chi connectivity index (χ0v) is 10.7. The molecule has 2 heterocycles. The molecule has 3 rings (SSSR count). The Morgan fingerprint density at radius 2 is 2.16 bits per heavy atom. The molecule has 1 unspecified atom stereocenters. The average Bonchev–Trinajstić information content (AvgIpc) is 2.93. The quantitative estimate of drug-likeness (QED) is 0.801. The largest absolute Gasteiger partial charge is 0.324 e. The molecule has 3 aromatic rings. The minimum atomic E-state index is -0.876. The Morgan fingerprint density at radius 1 is 1.32 bits per heavy atom. The summed E-state index contributed by atoms with van der Waals surface area (Å²) in [5.74, 6) is -1.74. The second kappa shape index (κ2) is 4.71. The van der Waals surface area contributed by atoms with Crippen LogP contribution in [-0.4, -0.2) is 9.38 Å². The minimum absolute atomic E-state index is 0.403. The van der Waals surface area contributed by atoms with Gasteiger partial charge in [0, 0.05) is 30.2 Å². The number of hydrogen-bond donors (Lipinski definition) is 1. The normalized spacial score (nSPS) is 13.0. The van der Waals surface area contributed by atoms with Gasteiger partial charge in [-0.25, -0.2) is 13.8 Å². The number of nitrogens with zero attached hydrogens (tertiary/aromatic N) is 2. The van der Waals surface area contributed by atoms with Crippen molar-refractivity contribution in [2.75, 3.05) is 0 Å². The van der Waals surface area contributed by atoms with E-state index in [9.17, 15) is 8.78 Å². The van der Waals surface area contributed by atoms with Crippen molar-refractivity contribution >= 4 is 16.3 Å². The molecule has 19 heavy (non-hydrogen) atoms. The fourth-order valence-corrected chi connectivity index (χ4v) is 2.68. The van der Waals surface area contributed by atoms with Gasteiger partial charge < -0.3 is 5.73 Å². The van der Waals surface area contributed by atoms with Crippen LogP contribution in [0.3, 0.4) is 0 Å². The van der Waals surface area contributed by atoms with Gasteiger partial charge in [-0.3, -0.25) is 4.40 Å². The number of benzene rings is 1. The number of rotatable bonds is 3. The highest BCUT2D eigenvalue weighted by Crippen LogP contribution is 2.19. The Balaban J connectivity index is 1.82. The third kappa shape index (κ3) is 2.36. The Bertz CT molecular complexity index is 691. The Hall–Kier alpha value is -1.79. The molecule has 1 atom stereocenters. The molecule has 0 bridgehead atoms. The van der Waals surface area contributed by atoms with Crippen LogP contribution in [0.2, 0.25) is 0 Å². The first kappa shape index (κ1) is 12.3. The summed E-state index contributed by atoms with van der Waals surface area (Å²) >= 11 is 1.54. The molecule has 0 aliphatic heterocycles. The van der Waals surface area contributed by atoms with Crippen LogP contribution in [0.15, 0.2) is 36.0 Å². The molecular weight excluding hydrogens is 268 g/mol. The van der Waals surface area contributed by atoms with Gasteiger partial charge in [0.05, 0.1) is 5.69 Å². The lowest BCUT2D eigenvalue weighted by Crippen LogP contribution is -2.14. The summed E-state index contributed by atoms with van der Waals surface area (Å²) in [6, 6.07) is 3.33. The lowest BCUT2D eigenvalue weighted by Gasteiger charge is -2.10. The van der Waals surface area contributed by atoms with Crippen LogP contribution in [0, 0.1) is 11.6 Å². The molecule has 0 aliphatic carbocycles. The van der Waals surface area contributed by atoms with Crippen LogP contribution in [-0.2, 0) is 6.42 Å². The van der Waals surface area contributed by atoms with Crippen molar-refractivity contribution in [3.63, 3.8) is 0 Å². The molecule has 0 fully saturated rings. The lowest BCUT2D eigenvalue weighted by atomic mass is 10.0. The van der Waals surface area contributed by atoms with E-state index in [0.29, 0.717) is 12.0 Å². The molecule has 0 aliphatic rings. The van der Waals surface area contributed by atoms with E-state index in [-0.39, 0.29) is 0 Å². The molecule has 0 saturated heterocycles. The van der Waals surface area contributed by atoms with Gasteiger partial charge >= 0.3 is 0 Å². The van der Waals surface area contributed by atoms with Crippen LogP contribution in [0.4, 0.5) is 8.78 Å². The topological polar surface area (TPSA) is 43.3 Å². The molecule has 98 valence electrons. The van der Waals surface area contributed by atoms with Crippen molar-refractivity contribution in [3.05, 3.63) is 58.9 Å². The number of hydrogen-bond acceptors (Lipinski definition) is 3. The average molecular weight is 279 g/mol. The third-order valence-electron chi connectivity index (χ3n) is 2.94. The third-order valence-corrected chi connectivity index (χ3v) is 3.71. The van der Waals surface area contributed by atoms with Crippen molar-refractivity contribution < 1.29 is 8.78 Å². The van der Waals surface area contributed by atoms with E-state index < -0.39 is 17.7 Å².